The van der Waals surface area contributed by atoms with E-state index in [1.54, 1.807) is 0 Å². The van der Waals surface area contributed by atoms with Gasteiger partial charge in [-0.3, -0.25) is 38.4 Å². The molecule has 4 heterocycles. The maximum absolute atomic E-state index is 13.0. The first kappa shape index (κ1) is 109. The van der Waals surface area contributed by atoms with E-state index in [1.165, 1.54) is 151 Å². The summed E-state index contributed by atoms with van der Waals surface area (Å²) in [4.78, 5) is 98.5. The predicted octanol–water partition coefficient (Wildman–Crippen LogP) is 22.3. The van der Waals surface area contributed by atoms with Crippen molar-refractivity contribution in [3.05, 3.63) is 185 Å². The molecule has 0 amide bonds. The fourth-order valence-corrected chi connectivity index (χ4v) is 17.5. The number of methoxy groups -OCH3 is 4. The van der Waals surface area contributed by atoms with Crippen LogP contribution < -0.4 is 5.32 Å². The molecular formula is C103H152N4O15U. The Bertz CT molecular complexity index is 4530. The van der Waals surface area contributed by atoms with Gasteiger partial charge in [-0.25, -0.2) is 0 Å². The Morgan fingerprint density at radius 2 is 0.602 bits per heavy atom. The van der Waals surface area contributed by atoms with Gasteiger partial charge in [0.1, 0.15) is 40.4 Å². The molecule has 1 fully saturated rings. The van der Waals surface area contributed by atoms with Crippen LogP contribution in [0.15, 0.2) is 13.6 Å². The number of ether oxygens (including phenoxy) is 4. The third-order valence-corrected chi connectivity index (χ3v) is 28.2. The van der Waals surface area contributed by atoms with Gasteiger partial charge < -0.3 is 37.8 Å². The number of aromatic nitrogens is 3. The molecule has 1 N–H and O–H groups in total. The second-order valence-corrected chi connectivity index (χ2v) is 34.8. The first-order valence-corrected chi connectivity index (χ1v) is 44.4. The molecule has 1 saturated heterocycles. The number of aryl methyl sites for hydroxylation is 3. The van der Waals surface area contributed by atoms with Gasteiger partial charge in [-0.15, -0.1) is 0 Å². The number of Topliss-reactive ketones (excluding diaryl/α,β-unsaturated/α-hetero) is 4. The minimum Gasteiger partial charge on any atom is -0.469 e. The number of carbonyl (C=O) groups is 8. The molecule has 4 aromatic carbocycles. The number of hydrogen-bond acceptors (Lipinski definition) is 19. The van der Waals surface area contributed by atoms with Gasteiger partial charge in [0.15, 0.2) is 0 Å². The third-order valence-electron chi connectivity index (χ3n) is 28.2. The molecular weight excluding hydrogens is 1770 g/mol. The van der Waals surface area contributed by atoms with Gasteiger partial charge >= 0.3 is 23.9 Å². The Kier molecular flexibility index (Phi) is 45.9. The molecule has 1 aliphatic heterocycles. The van der Waals surface area contributed by atoms with E-state index in [0.29, 0.717) is 110 Å². The summed E-state index contributed by atoms with van der Waals surface area (Å²) in [7, 11) is 5.56. The summed E-state index contributed by atoms with van der Waals surface area (Å²) in [5.41, 5.74) is 35.5. The van der Waals surface area contributed by atoms with Crippen molar-refractivity contribution in [3.8, 4) is 0 Å². The molecule has 0 spiro atoms. The smallest absolute Gasteiger partial charge is 0.306 e. The molecule has 0 saturated carbocycles. The summed E-state index contributed by atoms with van der Waals surface area (Å²) < 4.78 is 35.1. The molecule has 7 aromatic rings. The summed E-state index contributed by atoms with van der Waals surface area (Å²) in [6.07, 6.45) is 11.0. The first-order valence-electron chi connectivity index (χ1n) is 44.4. The Labute approximate surface area is 761 Å². The second kappa shape index (κ2) is 51.6. The van der Waals surface area contributed by atoms with Gasteiger partial charge in [-0.1, -0.05) is 43.2 Å². The van der Waals surface area contributed by atoms with Crippen molar-refractivity contribution in [3.63, 3.8) is 0 Å². The number of nitrogens with one attached hydrogen (secondary N) is 1. The molecule has 3 aromatic heterocycles. The normalized spacial score (nSPS) is 14.3. The number of carbonyl (C=O) groups excluding carboxylic acids is 8. The molecule has 19 nitrogen and oxygen atoms in total. The van der Waals surface area contributed by atoms with E-state index in [1.807, 2.05) is 55.4 Å². The zero-order valence-electron chi connectivity index (χ0n) is 81.9. The van der Waals surface area contributed by atoms with Crippen LogP contribution in [-0.2, 0) is 83.0 Å². The topological polar surface area (TPSA) is 264 Å². The maximum atomic E-state index is 13.0. The van der Waals surface area contributed by atoms with E-state index in [-0.39, 0.29) is 116 Å². The first-order chi connectivity index (χ1) is 57.3. The molecule has 1 aliphatic rings. The Morgan fingerprint density at radius 3 is 0.878 bits per heavy atom. The van der Waals surface area contributed by atoms with E-state index in [4.69, 9.17) is 32.5 Å². The predicted molar refractivity (Wildman–Crippen MR) is 488 cm³/mol. The summed E-state index contributed by atoms with van der Waals surface area (Å²) in [5, 5.41) is 16.2. The number of nitrogens with zero attached hydrogens (tertiary/aromatic N) is 3. The van der Waals surface area contributed by atoms with Crippen molar-refractivity contribution in [2.45, 2.75) is 360 Å². The second-order valence-electron chi connectivity index (χ2n) is 34.8. The average molecular weight is 1920 g/mol. The zero-order chi connectivity index (χ0) is 92.3. The van der Waals surface area contributed by atoms with Crippen LogP contribution in [0.25, 0.3) is 0 Å². The van der Waals surface area contributed by atoms with Crippen molar-refractivity contribution in [2.24, 2.45) is 17.8 Å². The number of ketones is 4. The third kappa shape index (κ3) is 29.6. The van der Waals surface area contributed by atoms with E-state index >= 15 is 0 Å². The van der Waals surface area contributed by atoms with Gasteiger partial charge in [0.05, 0.1) is 58.4 Å². The molecule has 0 radical (unpaired) electrons. The van der Waals surface area contributed by atoms with Crippen LogP contribution in [0.5, 0.6) is 0 Å². The molecule has 4 unspecified atom stereocenters. The van der Waals surface area contributed by atoms with Crippen molar-refractivity contribution in [1.82, 2.24) is 20.8 Å². The van der Waals surface area contributed by atoms with Crippen LogP contribution >= 0.6 is 0 Å². The van der Waals surface area contributed by atoms with Crippen LogP contribution in [0.3, 0.4) is 0 Å². The van der Waals surface area contributed by atoms with Gasteiger partial charge in [0.2, 0.25) is 0 Å². The largest absolute Gasteiger partial charge is 0.469 e. The molecule has 20 heteroatoms. The fraction of sp³-hybridized carbons (Fsp3) is 0.602. The SMILES string of the molecule is CC.COC(=O)CC(CC(=O)Cc1c(C)c(C)c(C)c(C)c1C)c1noc(C)c1C.COC(=O)CC(CC(=O)Cc1c(C)c(C)c(C)c(C)c1C)c1noc(C)c1C.COC(=O)CCCC(CCC(=O)CCc1c(C)c(C)c(C)c(C)c1C)[C@H]1NC[C@@H](C)[C@H]1C.COC(=O)CCCC(CCC(=O)CCc1c(C)c(C)c(C)c(C)c1C)c1noc(C)c1C.[U]. The van der Waals surface area contributed by atoms with Gasteiger partial charge in [-0.2, -0.15) is 0 Å². The van der Waals surface area contributed by atoms with E-state index in [2.05, 4.69) is 173 Å². The van der Waals surface area contributed by atoms with Gasteiger partial charge in [0.25, 0.3) is 0 Å². The Hall–Kier alpha value is -7.92. The van der Waals surface area contributed by atoms with E-state index in [9.17, 15) is 38.4 Å². The standard InChI is InChI=1S/C28H45NO3.C27H39NO4.2C23H31NO4.C2H6.U/c1-17-16-29-28(18(17)2)24(10-9-11-27(31)32-8)12-13-25(30)14-15-26-22(6)20(4)19(3)21(5)23(26)7;1-16-17(2)19(4)25(20(5)18(16)3)15-14-24(29)13-12-23(10-9-11-26(30)31-8)27-21(6)22(7)32-28-27;2*1-12-13(2)15(4)21(16(5)14(12)3)11-20(25)9-19(10-22(26)27-8)23-17(6)18(7)28-24-23;1-2;/h17-18,24,28-29H,9-16H2,1-8H3;23H,9-15H2,1-8H3;2*19H,9-11H2,1-8H3;1-2H3;/t17-,18-,24?,28+;;;;;/m1...../s1. The quantitative estimate of drug-likeness (QED) is 0.0282. The fourth-order valence-electron chi connectivity index (χ4n) is 17.5. The molecule has 8 rings (SSSR count). The van der Waals surface area contributed by atoms with Crippen LogP contribution in [0.2, 0.25) is 0 Å². The van der Waals surface area contributed by atoms with Gasteiger partial charge in [0, 0.05) is 136 Å². The zero-order valence-corrected chi connectivity index (χ0v) is 86.0. The van der Waals surface area contributed by atoms with Crippen molar-refractivity contribution < 1.29 is 102 Å². The minimum absolute atomic E-state index is 0. The summed E-state index contributed by atoms with van der Waals surface area (Å²) >= 11 is 0. The molecule has 123 heavy (non-hydrogen) atoms. The van der Waals surface area contributed by atoms with Gasteiger partial charge in [-0.05, 0) is 389 Å². The molecule has 7 atom stereocenters. The van der Waals surface area contributed by atoms with Crippen molar-refractivity contribution in [1.29, 1.82) is 0 Å². The minimum atomic E-state index is -0.354. The van der Waals surface area contributed by atoms with Crippen molar-refractivity contribution in [2.75, 3.05) is 35.0 Å². The molecule has 0 aliphatic carbocycles. The Balaban J connectivity index is 0.000000420. The number of esters is 4. The van der Waals surface area contributed by atoms with E-state index < -0.39 is 0 Å². The average Bonchev–Trinajstić information content (AvgIpc) is 1.24. The monoisotopic (exact) mass is 1920 g/mol. The van der Waals surface area contributed by atoms with Crippen LogP contribution in [0.1, 0.15) is 333 Å². The van der Waals surface area contributed by atoms with Crippen LogP contribution in [0, 0.1) is 229 Å². The number of benzene rings is 4. The Morgan fingerprint density at radius 1 is 0.325 bits per heavy atom. The van der Waals surface area contributed by atoms with Crippen LogP contribution in [-0.4, -0.2) is 104 Å². The molecule has 0 bridgehead atoms. The summed E-state index contributed by atoms with van der Waals surface area (Å²) in [6, 6.07) is 0.433. The summed E-state index contributed by atoms with van der Waals surface area (Å²) in [6.45, 7) is 63.8. The number of rotatable bonds is 36. The molecule has 678 valence electrons. The maximum Gasteiger partial charge on any atom is 0.306 e. The van der Waals surface area contributed by atoms with Crippen LogP contribution in [0.4, 0.5) is 0 Å². The number of hydrogen-bond donors (Lipinski definition) is 1. The van der Waals surface area contributed by atoms with E-state index in [0.717, 1.165) is 90.8 Å². The van der Waals surface area contributed by atoms with Crippen molar-refractivity contribution >= 4 is 47.0 Å². The summed E-state index contributed by atoms with van der Waals surface area (Å²) in [5.74, 6) is 3.05.